The molecule has 0 saturated heterocycles. The number of nitrogens with one attached hydrogen (secondary N) is 2. The molecule has 2 N–H and O–H groups in total. The molecule has 1 heterocycles. The van der Waals surface area contributed by atoms with Gasteiger partial charge in [-0.05, 0) is 43.4 Å². The minimum absolute atomic E-state index is 0.171. The Morgan fingerprint density at radius 3 is 2.58 bits per heavy atom. The zero-order valence-corrected chi connectivity index (χ0v) is 14.9. The number of nitrogens with zero attached hydrogens (tertiary/aromatic N) is 1. The standard InChI is InChI=1S/C21H25N3O2/c25-20(23-13-6-9-16-7-2-1-3-8-16)17-12-14-22-19(15-17)21(26)24-18-10-4-5-11-18/h1-3,7-8,12,14-15,18H,4-6,9-11,13H2,(H,23,25)(H,24,26). The molecule has 3 rings (SSSR count). The lowest BCUT2D eigenvalue weighted by atomic mass is 10.1. The van der Waals surface area contributed by atoms with Crippen molar-refractivity contribution in [3.05, 3.63) is 65.5 Å². The Hall–Kier alpha value is -2.69. The zero-order chi connectivity index (χ0) is 18.2. The summed E-state index contributed by atoms with van der Waals surface area (Å²) < 4.78 is 0. The van der Waals surface area contributed by atoms with Crippen molar-refractivity contribution in [2.24, 2.45) is 0 Å². The van der Waals surface area contributed by atoms with Gasteiger partial charge in [-0.3, -0.25) is 14.6 Å². The summed E-state index contributed by atoms with van der Waals surface area (Å²) in [5.41, 5.74) is 2.03. The van der Waals surface area contributed by atoms with Gasteiger partial charge in [0.05, 0.1) is 0 Å². The van der Waals surface area contributed by atoms with Crippen LogP contribution in [-0.2, 0) is 6.42 Å². The maximum atomic E-state index is 12.3. The number of hydrogen-bond acceptors (Lipinski definition) is 3. The molecule has 0 spiro atoms. The molecule has 0 aliphatic heterocycles. The molecule has 0 atom stereocenters. The van der Waals surface area contributed by atoms with Gasteiger partial charge >= 0.3 is 0 Å². The minimum atomic E-state index is -0.198. The van der Waals surface area contributed by atoms with E-state index in [4.69, 9.17) is 0 Å². The van der Waals surface area contributed by atoms with Gasteiger partial charge in [-0.15, -0.1) is 0 Å². The smallest absolute Gasteiger partial charge is 0.270 e. The molecule has 1 aromatic heterocycles. The highest BCUT2D eigenvalue weighted by Crippen LogP contribution is 2.18. The molecular formula is C21H25N3O2. The van der Waals surface area contributed by atoms with Crippen LogP contribution < -0.4 is 10.6 Å². The van der Waals surface area contributed by atoms with E-state index in [9.17, 15) is 9.59 Å². The highest BCUT2D eigenvalue weighted by molar-refractivity contribution is 5.98. The normalized spacial score (nSPS) is 14.2. The first-order valence-corrected chi connectivity index (χ1v) is 9.31. The van der Waals surface area contributed by atoms with E-state index in [1.165, 1.54) is 11.8 Å². The van der Waals surface area contributed by atoms with Gasteiger partial charge in [-0.2, -0.15) is 0 Å². The van der Waals surface area contributed by atoms with Crippen molar-refractivity contribution in [3.8, 4) is 0 Å². The molecule has 2 aromatic rings. The Morgan fingerprint density at radius 2 is 1.81 bits per heavy atom. The van der Waals surface area contributed by atoms with Crippen molar-refractivity contribution in [1.82, 2.24) is 15.6 Å². The number of carbonyl (C=O) groups excluding carboxylic acids is 2. The van der Waals surface area contributed by atoms with Gasteiger partial charge < -0.3 is 10.6 Å². The van der Waals surface area contributed by atoms with Gasteiger partial charge in [0.25, 0.3) is 11.8 Å². The maximum absolute atomic E-state index is 12.3. The molecule has 0 radical (unpaired) electrons. The Labute approximate surface area is 154 Å². The van der Waals surface area contributed by atoms with Crippen molar-refractivity contribution >= 4 is 11.8 Å². The first-order chi connectivity index (χ1) is 12.7. The monoisotopic (exact) mass is 351 g/mol. The van der Waals surface area contributed by atoms with Crippen LogP contribution in [0, 0.1) is 0 Å². The molecule has 136 valence electrons. The summed E-state index contributed by atoms with van der Waals surface area (Å²) in [6, 6.07) is 13.6. The first kappa shape index (κ1) is 18.1. The van der Waals surface area contributed by atoms with E-state index < -0.39 is 0 Å². The van der Waals surface area contributed by atoms with Crippen LogP contribution in [0.5, 0.6) is 0 Å². The molecule has 26 heavy (non-hydrogen) atoms. The van der Waals surface area contributed by atoms with Gasteiger partial charge in [-0.1, -0.05) is 43.2 Å². The number of amides is 2. The number of aromatic nitrogens is 1. The van der Waals surface area contributed by atoms with Gasteiger partial charge in [0.1, 0.15) is 5.69 Å². The van der Waals surface area contributed by atoms with E-state index in [2.05, 4.69) is 27.8 Å². The highest BCUT2D eigenvalue weighted by atomic mass is 16.2. The average molecular weight is 351 g/mol. The van der Waals surface area contributed by atoms with E-state index in [1.54, 1.807) is 12.1 Å². The average Bonchev–Trinajstić information content (AvgIpc) is 3.19. The van der Waals surface area contributed by atoms with Crippen LogP contribution in [0.1, 0.15) is 58.5 Å². The fraction of sp³-hybridized carbons (Fsp3) is 0.381. The third-order valence-electron chi connectivity index (χ3n) is 4.72. The molecule has 5 nitrogen and oxygen atoms in total. The van der Waals surface area contributed by atoms with Crippen LogP contribution in [0.15, 0.2) is 48.7 Å². The second kappa shape index (κ2) is 9.13. The molecular weight excluding hydrogens is 326 g/mol. The predicted molar refractivity (Wildman–Crippen MR) is 101 cm³/mol. The Bertz CT molecular complexity index is 740. The van der Waals surface area contributed by atoms with Crippen LogP contribution in [0.2, 0.25) is 0 Å². The summed E-state index contributed by atoms with van der Waals surface area (Å²) in [5, 5.41) is 5.91. The maximum Gasteiger partial charge on any atom is 0.270 e. The summed E-state index contributed by atoms with van der Waals surface area (Å²) in [6.07, 6.45) is 7.67. The summed E-state index contributed by atoms with van der Waals surface area (Å²) >= 11 is 0. The van der Waals surface area contributed by atoms with E-state index in [0.29, 0.717) is 17.8 Å². The van der Waals surface area contributed by atoms with Crippen LogP contribution in [-0.4, -0.2) is 29.4 Å². The minimum Gasteiger partial charge on any atom is -0.352 e. The summed E-state index contributed by atoms with van der Waals surface area (Å²) in [7, 11) is 0. The lowest BCUT2D eigenvalue weighted by Gasteiger charge is -2.12. The number of rotatable bonds is 7. The predicted octanol–water partition coefficient (Wildman–Crippen LogP) is 3.12. The quantitative estimate of drug-likeness (QED) is 0.753. The van der Waals surface area contributed by atoms with E-state index in [0.717, 1.165) is 38.5 Å². The Balaban J connectivity index is 1.48. The van der Waals surface area contributed by atoms with E-state index in [-0.39, 0.29) is 17.9 Å². The Kier molecular flexibility index (Phi) is 6.36. The van der Waals surface area contributed by atoms with Gasteiger partial charge in [0.15, 0.2) is 0 Å². The lowest BCUT2D eigenvalue weighted by molar-refractivity contribution is 0.0933. The number of carbonyl (C=O) groups is 2. The molecule has 1 aliphatic rings. The van der Waals surface area contributed by atoms with Crippen molar-refractivity contribution in [2.45, 2.75) is 44.6 Å². The van der Waals surface area contributed by atoms with Crippen LogP contribution >= 0.6 is 0 Å². The van der Waals surface area contributed by atoms with Crippen molar-refractivity contribution < 1.29 is 9.59 Å². The number of aryl methyl sites for hydroxylation is 1. The lowest BCUT2D eigenvalue weighted by Crippen LogP contribution is -2.33. The largest absolute Gasteiger partial charge is 0.352 e. The van der Waals surface area contributed by atoms with E-state index in [1.807, 2.05) is 18.2 Å². The van der Waals surface area contributed by atoms with Crippen molar-refractivity contribution in [3.63, 3.8) is 0 Å². The SMILES string of the molecule is O=C(NCCCc1ccccc1)c1ccnc(C(=O)NC2CCCC2)c1. The molecule has 1 saturated carbocycles. The molecule has 1 fully saturated rings. The topological polar surface area (TPSA) is 71.1 Å². The molecule has 0 bridgehead atoms. The molecule has 1 aliphatic carbocycles. The van der Waals surface area contributed by atoms with E-state index >= 15 is 0 Å². The number of hydrogen-bond donors (Lipinski definition) is 2. The number of pyridine rings is 1. The fourth-order valence-corrected chi connectivity index (χ4v) is 3.27. The summed E-state index contributed by atoms with van der Waals surface area (Å²) in [5.74, 6) is -0.369. The Morgan fingerprint density at radius 1 is 1.04 bits per heavy atom. The molecule has 1 aromatic carbocycles. The third-order valence-corrected chi connectivity index (χ3v) is 4.72. The summed E-state index contributed by atoms with van der Waals surface area (Å²) in [6.45, 7) is 0.597. The molecule has 0 unspecified atom stereocenters. The van der Waals surface area contributed by atoms with Crippen LogP contribution in [0.4, 0.5) is 0 Å². The van der Waals surface area contributed by atoms with Crippen molar-refractivity contribution in [2.75, 3.05) is 6.54 Å². The third kappa shape index (κ3) is 5.15. The molecule has 5 heteroatoms. The van der Waals surface area contributed by atoms with Crippen LogP contribution in [0.25, 0.3) is 0 Å². The van der Waals surface area contributed by atoms with Gasteiger partial charge in [0.2, 0.25) is 0 Å². The first-order valence-electron chi connectivity index (χ1n) is 9.31. The zero-order valence-electron chi connectivity index (χ0n) is 14.9. The molecule has 2 amide bonds. The van der Waals surface area contributed by atoms with Crippen LogP contribution in [0.3, 0.4) is 0 Å². The van der Waals surface area contributed by atoms with Crippen molar-refractivity contribution in [1.29, 1.82) is 0 Å². The second-order valence-electron chi connectivity index (χ2n) is 6.73. The number of benzene rings is 1. The fourth-order valence-electron chi connectivity index (χ4n) is 3.27. The summed E-state index contributed by atoms with van der Waals surface area (Å²) in [4.78, 5) is 28.7. The van der Waals surface area contributed by atoms with Gasteiger partial charge in [0, 0.05) is 24.3 Å². The highest BCUT2D eigenvalue weighted by Gasteiger charge is 2.19. The van der Waals surface area contributed by atoms with Gasteiger partial charge in [-0.25, -0.2) is 0 Å². The second-order valence-corrected chi connectivity index (χ2v) is 6.73.